The van der Waals surface area contributed by atoms with Gasteiger partial charge in [-0.25, -0.2) is 0 Å². The minimum absolute atomic E-state index is 0.899. The summed E-state index contributed by atoms with van der Waals surface area (Å²) in [7, 11) is 1.27. The van der Waals surface area contributed by atoms with E-state index < -0.39 is 0 Å². The van der Waals surface area contributed by atoms with Crippen LogP contribution in [-0.2, 0) is 0 Å². The van der Waals surface area contributed by atoms with E-state index in [1.165, 1.54) is 36.2 Å². The van der Waals surface area contributed by atoms with Crippen molar-refractivity contribution in [3.8, 4) is 0 Å². The summed E-state index contributed by atoms with van der Waals surface area (Å²) in [5.41, 5.74) is 0. The summed E-state index contributed by atoms with van der Waals surface area (Å²) in [6.45, 7) is 3.71. The first kappa shape index (κ1) is 6.30. The molecule has 1 aliphatic heterocycles. The van der Waals surface area contributed by atoms with Crippen LogP contribution in [0.3, 0.4) is 0 Å². The van der Waals surface area contributed by atoms with Gasteiger partial charge in [0.15, 0.2) is 0 Å². The fraction of sp³-hybridized carbons (Fsp3) is 1.00. The maximum Gasteiger partial charge on any atom is 0.0787 e. The Morgan fingerprint density at radius 3 is 2.62 bits per heavy atom. The van der Waals surface area contributed by atoms with Crippen LogP contribution < -0.4 is 0 Å². The summed E-state index contributed by atoms with van der Waals surface area (Å²) in [5.74, 6) is 0. The summed E-state index contributed by atoms with van der Waals surface area (Å²) in [6.07, 6.45) is 4.33. The predicted molar refractivity (Wildman–Crippen MR) is 40.0 cm³/mol. The van der Waals surface area contributed by atoms with Crippen molar-refractivity contribution in [2.24, 2.45) is 0 Å². The Hall–Kier alpha value is 0.177. The molecule has 2 heteroatoms. The van der Waals surface area contributed by atoms with Gasteiger partial charge in [0.1, 0.15) is 0 Å². The lowest BCUT2D eigenvalue weighted by molar-refractivity contribution is 0.280. The van der Waals surface area contributed by atoms with Gasteiger partial charge in [0.25, 0.3) is 0 Å². The number of nitrogens with zero attached hydrogens (tertiary/aromatic N) is 1. The summed E-state index contributed by atoms with van der Waals surface area (Å²) >= 11 is 0. The Kier molecular flexibility index (Phi) is 2.08. The van der Waals surface area contributed by atoms with Crippen molar-refractivity contribution < 1.29 is 0 Å². The zero-order valence-corrected chi connectivity index (χ0v) is 7.85. The lowest BCUT2D eigenvalue weighted by Crippen LogP contribution is -2.34. The Balaban J connectivity index is 2.28. The molecule has 0 unspecified atom stereocenters. The molecule has 0 aliphatic carbocycles. The number of piperidine rings is 1. The molecule has 0 radical (unpaired) electrons. The van der Waals surface area contributed by atoms with Gasteiger partial charge < -0.3 is 4.57 Å². The smallest absolute Gasteiger partial charge is 0.0787 e. The van der Waals surface area contributed by atoms with Gasteiger partial charge in [-0.05, 0) is 25.4 Å². The summed E-state index contributed by atoms with van der Waals surface area (Å²) < 4.78 is 2.57. The van der Waals surface area contributed by atoms with Gasteiger partial charge in [0.2, 0.25) is 0 Å². The van der Waals surface area contributed by atoms with Crippen molar-refractivity contribution in [2.75, 3.05) is 6.54 Å². The molecule has 1 nitrogen and oxygen atoms in total. The maximum absolute atomic E-state index is 2.57. The van der Waals surface area contributed by atoms with E-state index in [1.807, 2.05) is 0 Å². The molecule has 1 aliphatic rings. The molecule has 1 rings (SSSR count). The van der Waals surface area contributed by atoms with Crippen LogP contribution in [0.25, 0.3) is 0 Å². The monoisotopic (exact) mass is 129 g/mol. The van der Waals surface area contributed by atoms with E-state index >= 15 is 0 Å². The average molecular weight is 129 g/mol. The Morgan fingerprint density at radius 2 is 2.25 bits per heavy atom. The van der Waals surface area contributed by atoms with Gasteiger partial charge in [0, 0.05) is 0 Å². The molecule has 1 fully saturated rings. The predicted octanol–water partition coefficient (Wildman–Crippen LogP) is 0.141. The molecule has 0 saturated carbocycles. The Morgan fingerprint density at radius 1 is 1.50 bits per heavy atom. The third kappa shape index (κ3) is 1.33. The molecule has 48 valence electrons. The maximum atomic E-state index is 2.57. The molecule has 0 aromatic rings. The SMILES string of the molecule is C[C@@H]1CCCCN1[SiH3]. The van der Waals surface area contributed by atoms with E-state index in [9.17, 15) is 0 Å². The molecule has 1 heterocycles. The zero-order valence-electron chi connectivity index (χ0n) is 5.85. The molecular weight excluding hydrogens is 114 g/mol. The lowest BCUT2D eigenvalue weighted by Gasteiger charge is -2.29. The lowest BCUT2D eigenvalue weighted by atomic mass is 10.1. The highest BCUT2D eigenvalue weighted by atomic mass is 28.2. The van der Waals surface area contributed by atoms with Gasteiger partial charge in [0.05, 0.1) is 10.4 Å². The average Bonchev–Trinajstić information content (AvgIpc) is 1.77. The third-order valence-corrected chi connectivity index (χ3v) is 3.46. The van der Waals surface area contributed by atoms with Gasteiger partial charge in [-0.1, -0.05) is 13.3 Å². The fourth-order valence-corrected chi connectivity index (χ4v) is 1.82. The van der Waals surface area contributed by atoms with Crippen LogP contribution in [0.1, 0.15) is 26.2 Å². The van der Waals surface area contributed by atoms with Crippen molar-refractivity contribution in [3.63, 3.8) is 0 Å². The minimum atomic E-state index is 0.899. The number of rotatable bonds is 0. The highest BCUT2D eigenvalue weighted by molar-refractivity contribution is 6.04. The quantitative estimate of drug-likeness (QED) is 0.421. The van der Waals surface area contributed by atoms with E-state index in [-0.39, 0.29) is 0 Å². The van der Waals surface area contributed by atoms with Crippen LogP contribution in [-0.4, -0.2) is 27.6 Å². The molecule has 0 amide bonds. The van der Waals surface area contributed by atoms with Crippen molar-refractivity contribution in [1.82, 2.24) is 4.57 Å². The Bertz CT molecular complexity index is 64.9. The first-order valence-corrected chi connectivity index (χ1v) is 4.40. The van der Waals surface area contributed by atoms with Gasteiger partial charge in [-0.3, -0.25) is 0 Å². The van der Waals surface area contributed by atoms with E-state index in [2.05, 4.69) is 11.5 Å². The van der Waals surface area contributed by atoms with Gasteiger partial charge >= 0.3 is 0 Å². The second-order valence-electron chi connectivity index (χ2n) is 2.83. The first-order valence-electron chi connectivity index (χ1n) is 3.51. The van der Waals surface area contributed by atoms with Crippen LogP contribution in [0, 0.1) is 0 Å². The first-order chi connectivity index (χ1) is 3.80. The molecule has 0 N–H and O–H groups in total. The molecule has 0 aromatic heterocycles. The molecule has 0 spiro atoms. The summed E-state index contributed by atoms with van der Waals surface area (Å²) in [4.78, 5) is 0. The molecule has 1 saturated heterocycles. The molecule has 1 atom stereocenters. The standard InChI is InChI=1S/C6H15NSi/c1-6-4-2-3-5-7(6)8/h6H,2-5H2,1,8H3/t6-/m1/s1. The highest BCUT2D eigenvalue weighted by Crippen LogP contribution is 2.12. The second-order valence-corrected chi connectivity index (χ2v) is 3.97. The van der Waals surface area contributed by atoms with Crippen molar-refractivity contribution in [3.05, 3.63) is 0 Å². The van der Waals surface area contributed by atoms with Crippen LogP contribution in [0.2, 0.25) is 0 Å². The topological polar surface area (TPSA) is 3.24 Å². The summed E-state index contributed by atoms with van der Waals surface area (Å²) in [6, 6.07) is 0.899. The van der Waals surface area contributed by atoms with Crippen LogP contribution in [0.4, 0.5) is 0 Å². The van der Waals surface area contributed by atoms with Crippen LogP contribution >= 0.6 is 0 Å². The molecule has 8 heavy (non-hydrogen) atoms. The van der Waals surface area contributed by atoms with Crippen LogP contribution in [0.15, 0.2) is 0 Å². The molecular formula is C6H15NSi. The molecule has 0 aromatic carbocycles. The van der Waals surface area contributed by atoms with E-state index in [0.29, 0.717) is 0 Å². The normalized spacial score (nSPS) is 33.4. The number of hydrogen-bond acceptors (Lipinski definition) is 1. The van der Waals surface area contributed by atoms with Crippen molar-refractivity contribution >= 4 is 10.4 Å². The van der Waals surface area contributed by atoms with Crippen molar-refractivity contribution in [2.45, 2.75) is 32.2 Å². The van der Waals surface area contributed by atoms with E-state index in [4.69, 9.17) is 0 Å². The summed E-state index contributed by atoms with van der Waals surface area (Å²) in [5, 5.41) is 0. The van der Waals surface area contributed by atoms with Gasteiger partial charge in [-0.2, -0.15) is 0 Å². The van der Waals surface area contributed by atoms with E-state index in [0.717, 1.165) is 6.04 Å². The van der Waals surface area contributed by atoms with Gasteiger partial charge in [-0.15, -0.1) is 0 Å². The van der Waals surface area contributed by atoms with Crippen LogP contribution in [0.5, 0.6) is 0 Å². The number of hydrogen-bond donors (Lipinski definition) is 0. The third-order valence-electron chi connectivity index (χ3n) is 2.14. The Labute approximate surface area is 54.6 Å². The largest absolute Gasteiger partial charge is 0.330 e. The molecule has 0 bridgehead atoms. The highest BCUT2D eigenvalue weighted by Gasteiger charge is 2.11. The van der Waals surface area contributed by atoms with E-state index in [1.54, 1.807) is 0 Å². The zero-order chi connectivity index (χ0) is 5.98. The second kappa shape index (κ2) is 2.64. The van der Waals surface area contributed by atoms with Crippen molar-refractivity contribution in [1.29, 1.82) is 0 Å². The fourth-order valence-electron chi connectivity index (χ4n) is 1.24. The minimum Gasteiger partial charge on any atom is -0.330 e.